The van der Waals surface area contributed by atoms with E-state index in [2.05, 4.69) is 15.6 Å². The largest absolute Gasteiger partial charge is 0.388 e. The number of nitrogens with zero attached hydrogens (tertiary/aromatic N) is 1. The van der Waals surface area contributed by atoms with E-state index in [-0.39, 0.29) is 29.6 Å². The summed E-state index contributed by atoms with van der Waals surface area (Å²) in [5.74, 6) is -0.714. The summed E-state index contributed by atoms with van der Waals surface area (Å²) in [7, 11) is 0. The van der Waals surface area contributed by atoms with Gasteiger partial charge in [0.1, 0.15) is 6.10 Å². The van der Waals surface area contributed by atoms with Gasteiger partial charge < -0.3 is 20.5 Å². The zero-order chi connectivity index (χ0) is 19.6. The smallest absolute Gasteiger partial charge is 0.254 e. The lowest BCUT2D eigenvalue weighted by molar-refractivity contribution is -0.0287. The van der Waals surface area contributed by atoms with Crippen LogP contribution in [0.1, 0.15) is 27.6 Å². The van der Waals surface area contributed by atoms with E-state index in [1.807, 2.05) is 6.07 Å². The Morgan fingerprint density at radius 3 is 2.52 bits per heavy atom. The molecule has 0 saturated carbocycles. The van der Waals surface area contributed by atoms with Crippen LogP contribution >= 0.6 is 11.6 Å². The Kier molecular flexibility index (Phi) is 8.19. The van der Waals surface area contributed by atoms with E-state index < -0.39 is 18.1 Å². The van der Waals surface area contributed by atoms with Crippen molar-refractivity contribution in [3.8, 4) is 0 Å². The summed E-state index contributed by atoms with van der Waals surface area (Å²) in [5.41, 5.74) is 0.735. The van der Waals surface area contributed by atoms with Crippen molar-refractivity contribution in [2.24, 2.45) is 0 Å². The molecule has 0 fully saturated rings. The highest BCUT2D eigenvalue weighted by Crippen LogP contribution is 2.13. The lowest BCUT2D eigenvalue weighted by Crippen LogP contribution is -2.46. The summed E-state index contributed by atoms with van der Waals surface area (Å²) < 4.78 is 5.49. The molecule has 7 nitrogen and oxygen atoms in total. The zero-order valence-corrected chi connectivity index (χ0v) is 15.6. The van der Waals surface area contributed by atoms with Crippen molar-refractivity contribution in [2.45, 2.75) is 19.1 Å². The van der Waals surface area contributed by atoms with E-state index >= 15 is 0 Å². The molecule has 1 aromatic carbocycles. The van der Waals surface area contributed by atoms with Crippen molar-refractivity contribution in [1.29, 1.82) is 0 Å². The van der Waals surface area contributed by atoms with Crippen molar-refractivity contribution in [1.82, 2.24) is 15.6 Å². The molecule has 0 aliphatic rings. The molecule has 0 saturated heterocycles. The topological polar surface area (TPSA) is 101 Å². The van der Waals surface area contributed by atoms with Crippen LogP contribution in [0, 0.1) is 0 Å². The van der Waals surface area contributed by atoms with E-state index in [1.165, 1.54) is 18.5 Å². The molecule has 144 valence electrons. The minimum atomic E-state index is -0.998. The molecule has 2 rings (SSSR count). The highest BCUT2D eigenvalue weighted by molar-refractivity contribution is 6.33. The SMILES string of the molecule is CCO[C@H](CNC(=O)c1cnccc1Cl)[C@@H](O)CNC(=O)c1ccccc1. The molecule has 0 aliphatic heterocycles. The molecule has 27 heavy (non-hydrogen) atoms. The second-order valence-electron chi connectivity index (χ2n) is 5.70. The fraction of sp³-hybridized carbons (Fsp3) is 0.316. The summed E-state index contributed by atoms with van der Waals surface area (Å²) in [6, 6.07) is 10.2. The van der Waals surface area contributed by atoms with E-state index in [0.717, 1.165) is 0 Å². The van der Waals surface area contributed by atoms with Crippen LogP contribution in [0.2, 0.25) is 5.02 Å². The average Bonchev–Trinajstić information content (AvgIpc) is 2.69. The lowest BCUT2D eigenvalue weighted by Gasteiger charge is -2.23. The third-order valence-electron chi connectivity index (χ3n) is 3.79. The molecule has 1 heterocycles. The number of aliphatic hydroxyl groups is 1. The van der Waals surface area contributed by atoms with Crippen LogP contribution in [-0.2, 0) is 4.74 Å². The van der Waals surface area contributed by atoms with Crippen molar-refractivity contribution in [3.63, 3.8) is 0 Å². The number of benzene rings is 1. The highest BCUT2D eigenvalue weighted by atomic mass is 35.5. The number of carbonyl (C=O) groups is 2. The van der Waals surface area contributed by atoms with Gasteiger partial charge in [0.2, 0.25) is 0 Å². The first-order chi connectivity index (χ1) is 13.0. The van der Waals surface area contributed by atoms with Crippen molar-refractivity contribution in [3.05, 3.63) is 64.9 Å². The lowest BCUT2D eigenvalue weighted by atomic mass is 10.1. The standard InChI is InChI=1S/C19H22ClN3O4/c1-2-27-17(12-23-19(26)14-10-21-9-8-15(14)20)16(24)11-22-18(25)13-6-4-3-5-7-13/h3-10,16-17,24H,2,11-12H2,1H3,(H,22,25)(H,23,26)/t16-,17+/m0/s1. The summed E-state index contributed by atoms with van der Waals surface area (Å²) >= 11 is 5.97. The number of hydrogen-bond acceptors (Lipinski definition) is 5. The number of nitrogens with one attached hydrogen (secondary N) is 2. The molecule has 0 spiro atoms. The Hall–Kier alpha value is -2.48. The van der Waals surface area contributed by atoms with Crippen LogP contribution < -0.4 is 10.6 Å². The Morgan fingerprint density at radius 1 is 1.15 bits per heavy atom. The molecule has 8 heteroatoms. The normalized spacial score (nSPS) is 12.9. The van der Waals surface area contributed by atoms with Gasteiger partial charge in [0.05, 0.1) is 16.7 Å². The monoisotopic (exact) mass is 391 g/mol. The van der Waals surface area contributed by atoms with E-state index in [9.17, 15) is 14.7 Å². The first kappa shape index (κ1) is 20.8. The van der Waals surface area contributed by atoms with Gasteiger partial charge in [-0.15, -0.1) is 0 Å². The van der Waals surface area contributed by atoms with Gasteiger partial charge in [-0.3, -0.25) is 14.6 Å². The van der Waals surface area contributed by atoms with Gasteiger partial charge in [0.25, 0.3) is 11.8 Å². The molecular formula is C19H22ClN3O4. The van der Waals surface area contributed by atoms with Gasteiger partial charge in [0.15, 0.2) is 0 Å². The number of halogens is 1. The van der Waals surface area contributed by atoms with Crippen LogP contribution in [0.25, 0.3) is 0 Å². The number of hydrogen-bond donors (Lipinski definition) is 3. The van der Waals surface area contributed by atoms with Gasteiger partial charge in [0, 0.05) is 37.7 Å². The molecule has 0 aliphatic carbocycles. The van der Waals surface area contributed by atoms with Gasteiger partial charge in [-0.05, 0) is 25.1 Å². The Labute approximate surface area is 162 Å². The van der Waals surface area contributed by atoms with Crippen LogP contribution in [0.4, 0.5) is 0 Å². The number of pyridine rings is 1. The van der Waals surface area contributed by atoms with Gasteiger partial charge in [-0.1, -0.05) is 29.8 Å². The first-order valence-electron chi connectivity index (χ1n) is 8.53. The maximum Gasteiger partial charge on any atom is 0.254 e. The predicted molar refractivity (Wildman–Crippen MR) is 102 cm³/mol. The van der Waals surface area contributed by atoms with Gasteiger partial charge in [-0.2, -0.15) is 0 Å². The molecule has 2 aromatic rings. The molecule has 0 radical (unpaired) electrons. The molecule has 0 bridgehead atoms. The predicted octanol–water partition coefficient (Wildman–Crippen LogP) is 1.66. The first-order valence-corrected chi connectivity index (χ1v) is 8.91. The van der Waals surface area contributed by atoms with Crippen LogP contribution in [-0.4, -0.2) is 53.8 Å². The Balaban J connectivity index is 1.88. The van der Waals surface area contributed by atoms with E-state index in [4.69, 9.17) is 16.3 Å². The molecule has 2 amide bonds. The van der Waals surface area contributed by atoms with E-state index in [0.29, 0.717) is 12.2 Å². The molecule has 3 N–H and O–H groups in total. The quantitative estimate of drug-likeness (QED) is 0.603. The van der Waals surface area contributed by atoms with Crippen LogP contribution in [0.5, 0.6) is 0 Å². The van der Waals surface area contributed by atoms with Crippen LogP contribution in [0.3, 0.4) is 0 Å². The van der Waals surface area contributed by atoms with Crippen molar-refractivity contribution in [2.75, 3.05) is 19.7 Å². The molecular weight excluding hydrogens is 370 g/mol. The molecule has 1 aromatic heterocycles. The number of ether oxygens (including phenoxy) is 1. The number of amides is 2. The number of carbonyl (C=O) groups excluding carboxylic acids is 2. The molecule has 0 unspecified atom stereocenters. The maximum atomic E-state index is 12.2. The molecule has 2 atom stereocenters. The third kappa shape index (κ3) is 6.32. The second-order valence-corrected chi connectivity index (χ2v) is 6.11. The number of aliphatic hydroxyl groups excluding tert-OH is 1. The summed E-state index contributed by atoms with van der Waals surface area (Å²) in [4.78, 5) is 28.1. The third-order valence-corrected chi connectivity index (χ3v) is 4.12. The second kappa shape index (κ2) is 10.6. The van der Waals surface area contributed by atoms with E-state index in [1.54, 1.807) is 31.2 Å². The summed E-state index contributed by atoms with van der Waals surface area (Å²) in [6.45, 7) is 2.17. The zero-order valence-electron chi connectivity index (χ0n) is 14.9. The fourth-order valence-corrected chi connectivity index (χ4v) is 2.56. The highest BCUT2D eigenvalue weighted by Gasteiger charge is 2.22. The fourth-order valence-electron chi connectivity index (χ4n) is 2.37. The number of rotatable bonds is 9. The Bertz CT molecular complexity index is 758. The Morgan fingerprint density at radius 2 is 1.85 bits per heavy atom. The van der Waals surface area contributed by atoms with Gasteiger partial charge in [-0.25, -0.2) is 0 Å². The van der Waals surface area contributed by atoms with Crippen LogP contribution in [0.15, 0.2) is 48.8 Å². The van der Waals surface area contributed by atoms with Gasteiger partial charge >= 0.3 is 0 Å². The minimum absolute atomic E-state index is 0.0120. The summed E-state index contributed by atoms with van der Waals surface area (Å²) in [5, 5.41) is 15.9. The number of aromatic nitrogens is 1. The van der Waals surface area contributed by atoms with Crippen molar-refractivity contribution < 1.29 is 19.4 Å². The minimum Gasteiger partial charge on any atom is -0.388 e. The average molecular weight is 392 g/mol. The maximum absolute atomic E-state index is 12.2. The van der Waals surface area contributed by atoms with Crippen molar-refractivity contribution >= 4 is 23.4 Å². The summed E-state index contributed by atoms with van der Waals surface area (Å²) in [6.07, 6.45) is 1.17.